The molecule has 0 spiro atoms. The van der Waals surface area contributed by atoms with Crippen molar-refractivity contribution in [1.82, 2.24) is 0 Å². The molecule has 0 heterocycles. The summed E-state index contributed by atoms with van der Waals surface area (Å²) in [7, 11) is 0. The van der Waals surface area contributed by atoms with E-state index in [4.69, 9.17) is 17.3 Å². The van der Waals surface area contributed by atoms with Crippen molar-refractivity contribution in [2.24, 2.45) is 0 Å². The van der Waals surface area contributed by atoms with Crippen LogP contribution in [0, 0.1) is 6.07 Å². The Morgan fingerprint density at radius 1 is 1.62 bits per heavy atom. The average molecular weight is 127 g/mol. The number of rotatable bonds is 0. The van der Waals surface area contributed by atoms with E-state index < -0.39 is 0 Å². The Hall–Kier alpha value is -0.690. The topological polar surface area (TPSA) is 26.0 Å². The lowest BCUT2D eigenvalue weighted by Gasteiger charge is -1.88. The summed E-state index contributed by atoms with van der Waals surface area (Å²) >= 11 is 5.51. The first-order valence-corrected chi connectivity index (χ1v) is 2.59. The number of hydrogen-bond acceptors (Lipinski definition) is 1. The molecular formula is C6H5ClN. The van der Waals surface area contributed by atoms with Crippen molar-refractivity contribution in [3.8, 4) is 0 Å². The minimum absolute atomic E-state index is 0.560. The van der Waals surface area contributed by atoms with E-state index in [9.17, 15) is 0 Å². The molecule has 0 amide bonds. The Kier molecular flexibility index (Phi) is 1.40. The summed E-state index contributed by atoms with van der Waals surface area (Å²) in [5.74, 6) is 0. The van der Waals surface area contributed by atoms with Gasteiger partial charge in [-0.1, -0.05) is 17.7 Å². The van der Waals surface area contributed by atoms with Gasteiger partial charge in [-0.05, 0) is 12.1 Å². The van der Waals surface area contributed by atoms with E-state index in [1.807, 2.05) is 0 Å². The maximum Gasteiger partial charge on any atom is 0.0505 e. The van der Waals surface area contributed by atoms with Crippen LogP contribution in [-0.4, -0.2) is 0 Å². The zero-order chi connectivity index (χ0) is 5.98. The standard InChI is InChI=1S/C6H5ClN/c7-5-2-1-3-6(8)4-5/h1,3-4H,8H2. The molecule has 1 nitrogen and oxygen atoms in total. The second kappa shape index (κ2) is 2.05. The second-order valence-corrected chi connectivity index (χ2v) is 1.88. The van der Waals surface area contributed by atoms with Gasteiger partial charge < -0.3 is 5.73 Å². The largest absolute Gasteiger partial charge is 0.399 e. The fraction of sp³-hybridized carbons (Fsp3) is 0. The Bertz CT molecular complexity index is 168. The van der Waals surface area contributed by atoms with Gasteiger partial charge in [0.1, 0.15) is 0 Å². The molecule has 0 saturated carbocycles. The molecule has 41 valence electrons. The number of hydrogen-bond donors (Lipinski definition) is 1. The predicted molar refractivity (Wildman–Crippen MR) is 34.7 cm³/mol. The van der Waals surface area contributed by atoms with E-state index in [0.717, 1.165) is 0 Å². The molecule has 1 aromatic rings. The van der Waals surface area contributed by atoms with E-state index >= 15 is 0 Å². The molecular weight excluding hydrogens is 122 g/mol. The minimum Gasteiger partial charge on any atom is -0.399 e. The van der Waals surface area contributed by atoms with Gasteiger partial charge in [-0.25, -0.2) is 0 Å². The Morgan fingerprint density at radius 2 is 2.38 bits per heavy atom. The number of nitrogens with two attached hydrogens (primary N) is 1. The van der Waals surface area contributed by atoms with Crippen LogP contribution in [0.4, 0.5) is 5.69 Å². The smallest absolute Gasteiger partial charge is 0.0505 e. The maximum absolute atomic E-state index is 5.51. The van der Waals surface area contributed by atoms with E-state index in [-0.39, 0.29) is 0 Å². The second-order valence-electron chi connectivity index (χ2n) is 1.47. The summed E-state index contributed by atoms with van der Waals surface area (Å²) in [5.41, 5.74) is 6.03. The molecule has 0 aliphatic heterocycles. The van der Waals surface area contributed by atoms with Gasteiger partial charge in [0.15, 0.2) is 0 Å². The average Bonchev–Trinajstić information content (AvgIpc) is 1.64. The maximum atomic E-state index is 5.51. The Labute approximate surface area is 53.1 Å². The monoisotopic (exact) mass is 126 g/mol. The molecule has 0 aromatic heterocycles. The highest BCUT2D eigenvalue weighted by Gasteiger charge is 1.84. The molecule has 0 fully saturated rings. The third-order valence-corrected chi connectivity index (χ3v) is 1.01. The SMILES string of the molecule is Nc1cc[c]c(Cl)c1. The molecule has 1 aromatic carbocycles. The molecule has 0 unspecified atom stereocenters. The quantitative estimate of drug-likeness (QED) is 0.527. The molecule has 2 heteroatoms. The van der Waals surface area contributed by atoms with Crippen molar-refractivity contribution in [2.45, 2.75) is 0 Å². The molecule has 8 heavy (non-hydrogen) atoms. The van der Waals surface area contributed by atoms with Gasteiger partial charge in [0.05, 0.1) is 5.02 Å². The zero-order valence-corrected chi connectivity index (χ0v) is 4.94. The lowest BCUT2D eigenvalue weighted by Crippen LogP contribution is -1.81. The van der Waals surface area contributed by atoms with Crippen molar-refractivity contribution < 1.29 is 0 Å². The predicted octanol–water partition coefficient (Wildman–Crippen LogP) is 1.72. The highest BCUT2D eigenvalue weighted by Crippen LogP contribution is 2.09. The van der Waals surface area contributed by atoms with Crippen LogP contribution in [0.5, 0.6) is 0 Å². The van der Waals surface area contributed by atoms with Gasteiger partial charge in [0, 0.05) is 11.8 Å². The van der Waals surface area contributed by atoms with E-state index in [1.54, 1.807) is 18.2 Å². The summed E-state index contributed by atoms with van der Waals surface area (Å²) in [6, 6.07) is 7.85. The molecule has 0 saturated heterocycles. The van der Waals surface area contributed by atoms with E-state index in [0.29, 0.717) is 10.7 Å². The molecule has 0 bridgehead atoms. The van der Waals surface area contributed by atoms with Crippen LogP contribution in [0.3, 0.4) is 0 Å². The van der Waals surface area contributed by atoms with Crippen LogP contribution >= 0.6 is 11.6 Å². The van der Waals surface area contributed by atoms with Crippen LogP contribution < -0.4 is 5.73 Å². The highest BCUT2D eigenvalue weighted by molar-refractivity contribution is 6.30. The summed E-state index contributed by atoms with van der Waals surface area (Å²) in [6.45, 7) is 0. The summed E-state index contributed by atoms with van der Waals surface area (Å²) in [5, 5.41) is 0.560. The highest BCUT2D eigenvalue weighted by atomic mass is 35.5. The van der Waals surface area contributed by atoms with Gasteiger partial charge in [0.2, 0.25) is 0 Å². The summed E-state index contributed by atoms with van der Waals surface area (Å²) in [6.07, 6.45) is 0. The Balaban J connectivity index is 3.08. The number of benzene rings is 1. The van der Waals surface area contributed by atoms with Gasteiger partial charge in [-0.2, -0.15) is 0 Å². The van der Waals surface area contributed by atoms with Crippen molar-refractivity contribution in [3.63, 3.8) is 0 Å². The Morgan fingerprint density at radius 3 is 2.75 bits per heavy atom. The van der Waals surface area contributed by atoms with Crippen molar-refractivity contribution in [3.05, 3.63) is 29.3 Å². The number of anilines is 1. The fourth-order valence-corrected chi connectivity index (χ4v) is 0.643. The van der Waals surface area contributed by atoms with Crippen LogP contribution in [0.1, 0.15) is 0 Å². The number of halogens is 1. The van der Waals surface area contributed by atoms with Crippen LogP contribution in [0.2, 0.25) is 5.02 Å². The fourth-order valence-electron chi connectivity index (χ4n) is 0.454. The molecule has 2 N–H and O–H groups in total. The summed E-state index contributed by atoms with van der Waals surface area (Å²) in [4.78, 5) is 0. The summed E-state index contributed by atoms with van der Waals surface area (Å²) < 4.78 is 0. The first-order chi connectivity index (χ1) is 3.79. The molecule has 0 aliphatic rings. The van der Waals surface area contributed by atoms with Gasteiger partial charge >= 0.3 is 0 Å². The van der Waals surface area contributed by atoms with Crippen molar-refractivity contribution in [2.75, 3.05) is 5.73 Å². The molecule has 1 rings (SSSR count). The van der Waals surface area contributed by atoms with Gasteiger partial charge in [-0.15, -0.1) is 0 Å². The zero-order valence-electron chi connectivity index (χ0n) is 4.19. The normalized spacial score (nSPS) is 9.12. The lowest BCUT2D eigenvalue weighted by molar-refractivity contribution is 1.67. The minimum atomic E-state index is 0.560. The molecule has 1 radical (unpaired) electrons. The molecule has 0 aliphatic carbocycles. The first kappa shape index (κ1) is 5.45. The lowest BCUT2D eigenvalue weighted by atomic mass is 10.3. The number of nitrogen functional groups attached to an aromatic ring is 1. The van der Waals surface area contributed by atoms with Crippen LogP contribution in [0.15, 0.2) is 18.2 Å². The van der Waals surface area contributed by atoms with Crippen molar-refractivity contribution >= 4 is 17.3 Å². The van der Waals surface area contributed by atoms with E-state index in [2.05, 4.69) is 6.07 Å². The van der Waals surface area contributed by atoms with E-state index in [1.165, 1.54) is 0 Å². The van der Waals surface area contributed by atoms with Crippen LogP contribution in [0.25, 0.3) is 0 Å². The first-order valence-electron chi connectivity index (χ1n) is 2.22. The van der Waals surface area contributed by atoms with Gasteiger partial charge in [-0.3, -0.25) is 0 Å². The third kappa shape index (κ3) is 1.14. The van der Waals surface area contributed by atoms with Crippen molar-refractivity contribution in [1.29, 1.82) is 0 Å². The van der Waals surface area contributed by atoms with Gasteiger partial charge in [0.25, 0.3) is 0 Å². The third-order valence-electron chi connectivity index (χ3n) is 0.790. The molecule has 0 atom stereocenters. The van der Waals surface area contributed by atoms with Crippen LogP contribution in [-0.2, 0) is 0 Å².